The summed E-state index contributed by atoms with van der Waals surface area (Å²) in [6.45, 7) is 4.59. The lowest BCUT2D eigenvalue weighted by molar-refractivity contribution is -0.142. The van der Waals surface area contributed by atoms with Crippen molar-refractivity contribution in [2.24, 2.45) is 45.3 Å². The number of carbonyl (C=O) groups excluding carboxylic acids is 8. The molecule has 0 aliphatic rings. The molecule has 54 heavy (non-hydrogen) atoms. The molecule has 0 aromatic heterocycles. The number of hydrogen-bond acceptors (Lipinski definition) is 12. The van der Waals surface area contributed by atoms with E-state index in [0.29, 0.717) is 25.8 Å². The van der Waals surface area contributed by atoms with E-state index in [2.05, 4.69) is 36.9 Å². The summed E-state index contributed by atoms with van der Waals surface area (Å²) in [5.74, 6) is -8.87. The number of nitrogens with one attached hydrogen (secondary N) is 6. The Morgan fingerprint density at radius 2 is 1.13 bits per heavy atom. The van der Waals surface area contributed by atoms with Gasteiger partial charge >= 0.3 is 5.97 Å². The topological polar surface area (TPSA) is 415 Å². The van der Waals surface area contributed by atoms with Crippen molar-refractivity contribution in [3.05, 3.63) is 0 Å². The van der Waals surface area contributed by atoms with Crippen molar-refractivity contribution in [3.8, 4) is 0 Å². The normalized spacial score (nSPS) is 14.1. The summed E-state index contributed by atoms with van der Waals surface area (Å²) in [5.41, 5.74) is 32.4. The second-order valence-electron chi connectivity index (χ2n) is 12.9. The zero-order chi connectivity index (χ0) is 41.5. The van der Waals surface area contributed by atoms with Gasteiger partial charge in [0, 0.05) is 6.54 Å². The number of aliphatic carboxylic acids is 1. The molecule has 23 nitrogen and oxygen atoms in total. The van der Waals surface area contributed by atoms with E-state index in [1.165, 1.54) is 6.92 Å². The first-order valence-electron chi connectivity index (χ1n) is 17.3. The van der Waals surface area contributed by atoms with Gasteiger partial charge in [-0.25, -0.2) is 4.79 Å². The first-order chi connectivity index (χ1) is 25.2. The lowest BCUT2D eigenvalue weighted by atomic mass is 10.0. The monoisotopic (exact) mass is 771 g/mol. The molecule has 306 valence electrons. The van der Waals surface area contributed by atoms with E-state index in [4.69, 9.17) is 34.4 Å². The quantitative estimate of drug-likeness (QED) is 0.0210. The van der Waals surface area contributed by atoms with Gasteiger partial charge in [-0.3, -0.25) is 43.3 Å². The van der Waals surface area contributed by atoms with Crippen LogP contribution in [0.25, 0.3) is 0 Å². The molecule has 0 aromatic carbocycles. The minimum atomic E-state index is -1.62. The summed E-state index contributed by atoms with van der Waals surface area (Å²) in [6, 6.07) is -8.03. The molecule has 0 saturated carbocycles. The van der Waals surface area contributed by atoms with E-state index in [9.17, 15) is 48.3 Å². The molecule has 0 heterocycles. The average molecular weight is 772 g/mol. The molecule has 0 unspecified atom stereocenters. The maximum Gasteiger partial charge on any atom is 0.326 e. The number of nitrogens with two attached hydrogens (primary N) is 6. The lowest BCUT2D eigenvalue weighted by Gasteiger charge is -2.24. The van der Waals surface area contributed by atoms with E-state index < -0.39 is 109 Å². The van der Waals surface area contributed by atoms with Crippen molar-refractivity contribution in [1.82, 2.24) is 31.9 Å². The zero-order valence-electron chi connectivity index (χ0n) is 30.9. The van der Waals surface area contributed by atoms with E-state index in [-0.39, 0.29) is 37.7 Å². The maximum atomic E-state index is 13.2. The number of guanidine groups is 1. The van der Waals surface area contributed by atoms with Crippen LogP contribution in [0.15, 0.2) is 4.99 Å². The van der Waals surface area contributed by atoms with Crippen LogP contribution < -0.4 is 66.3 Å². The number of nitrogens with zero attached hydrogens (tertiary/aromatic N) is 1. The molecule has 0 fully saturated rings. The highest BCUT2D eigenvalue weighted by Gasteiger charge is 2.31. The first kappa shape index (κ1) is 48.4. The lowest BCUT2D eigenvalue weighted by Crippen LogP contribution is -2.58. The molecule has 0 aliphatic carbocycles. The van der Waals surface area contributed by atoms with Crippen LogP contribution in [0.5, 0.6) is 0 Å². The third kappa shape index (κ3) is 21.1. The summed E-state index contributed by atoms with van der Waals surface area (Å²) < 4.78 is 0. The van der Waals surface area contributed by atoms with E-state index in [1.54, 1.807) is 0 Å². The Morgan fingerprint density at radius 1 is 0.630 bits per heavy atom. The van der Waals surface area contributed by atoms with Gasteiger partial charge in [-0.15, -0.1) is 0 Å². The second kappa shape index (κ2) is 25.4. The van der Waals surface area contributed by atoms with Crippen LogP contribution in [0.1, 0.15) is 72.1 Å². The van der Waals surface area contributed by atoms with Crippen LogP contribution in [-0.2, 0) is 43.2 Å². The fourth-order valence-corrected chi connectivity index (χ4v) is 4.73. The predicted octanol–water partition coefficient (Wildman–Crippen LogP) is -6.06. The Hall–Kier alpha value is -5.58. The molecular formula is C31H57N13O10. The first-order valence-corrected chi connectivity index (χ1v) is 17.3. The molecule has 0 bridgehead atoms. The zero-order valence-corrected chi connectivity index (χ0v) is 30.9. The van der Waals surface area contributed by atoms with Crippen LogP contribution in [0, 0.1) is 5.92 Å². The smallest absolute Gasteiger partial charge is 0.326 e. The molecule has 23 heteroatoms. The molecule has 0 spiro atoms. The van der Waals surface area contributed by atoms with Crippen LogP contribution >= 0.6 is 0 Å². The number of carbonyl (C=O) groups is 9. The number of carboxylic acids is 1. The molecule has 0 aliphatic heterocycles. The maximum absolute atomic E-state index is 13.2. The summed E-state index contributed by atoms with van der Waals surface area (Å²) in [6.07, 6.45) is 0.125. The van der Waals surface area contributed by atoms with Gasteiger partial charge in [0.25, 0.3) is 0 Å². The molecule has 6 atom stereocenters. The van der Waals surface area contributed by atoms with Crippen molar-refractivity contribution < 1.29 is 48.3 Å². The number of amides is 8. The molecule has 0 aromatic rings. The van der Waals surface area contributed by atoms with Crippen molar-refractivity contribution in [3.63, 3.8) is 0 Å². The largest absolute Gasteiger partial charge is 0.480 e. The van der Waals surface area contributed by atoms with Gasteiger partial charge in [0.1, 0.15) is 30.2 Å². The molecule has 8 amide bonds. The van der Waals surface area contributed by atoms with Crippen LogP contribution in [-0.4, -0.2) is 120 Å². The molecule has 0 saturated heterocycles. The Bertz CT molecular complexity index is 1360. The van der Waals surface area contributed by atoms with E-state index in [1.807, 2.05) is 13.8 Å². The van der Waals surface area contributed by atoms with E-state index >= 15 is 0 Å². The molecule has 19 N–H and O–H groups in total. The van der Waals surface area contributed by atoms with Gasteiger partial charge in [0.2, 0.25) is 47.3 Å². The molecule has 0 radical (unpaired) electrons. The minimum Gasteiger partial charge on any atom is -0.480 e. The number of aliphatic imine (C=N–C) groups is 1. The van der Waals surface area contributed by atoms with Crippen LogP contribution in [0.2, 0.25) is 0 Å². The third-order valence-corrected chi connectivity index (χ3v) is 7.47. The highest BCUT2D eigenvalue weighted by atomic mass is 16.4. The molecular weight excluding hydrogens is 714 g/mol. The SMILES string of the molecule is CC(C)C[C@H](N)C(=O)N[C@@H](CCCCN)C(=O)N[C@@H](CC(N)=O)C(=O)NCC(=O)N[C@@H](C)C(=O)N[C@@H](CC(N)=O)C(=O)N[C@@H](CCCN=C(N)N)C(=O)O. The van der Waals surface area contributed by atoms with Crippen LogP contribution in [0.3, 0.4) is 0 Å². The summed E-state index contributed by atoms with van der Waals surface area (Å²) in [4.78, 5) is 116. The Kier molecular flexibility index (Phi) is 22.8. The number of primary amides is 2. The number of carboxylic acid groups (broad SMARTS) is 1. The van der Waals surface area contributed by atoms with Gasteiger partial charge in [-0.2, -0.15) is 0 Å². The fraction of sp³-hybridized carbons (Fsp3) is 0.677. The Morgan fingerprint density at radius 3 is 1.65 bits per heavy atom. The number of rotatable bonds is 27. The summed E-state index contributed by atoms with van der Waals surface area (Å²) in [7, 11) is 0. The third-order valence-electron chi connectivity index (χ3n) is 7.47. The van der Waals surface area contributed by atoms with Gasteiger partial charge in [-0.05, 0) is 57.9 Å². The van der Waals surface area contributed by atoms with E-state index in [0.717, 1.165) is 0 Å². The Labute approximate surface area is 312 Å². The predicted molar refractivity (Wildman–Crippen MR) is 194 cm³/mol. The van der Waals surface area contributed by atoms with Gasteiger partial charge < -0.3 is 71.4 Å². The second-order valence-corrected chi connectivity index (χ2v) is 12.9. The minimum absolute atomic E-state index is 0.0749. The number of unbranched alkanes of at least 4 members (excludes halogenated alkanes) is 1. The summed E-state index contributed by atoms with van der Waals surface area (Å²) >= 11 is 0. The van der Waals surface area contributed by atoms with Gasteiger partial charge in [0.05, 0.1) is 25.4 Å². The van der Waals surface area contributed by atoms with Crippen molar-refractivity contribution >= 4 is 59.2 Å². The summed E-state index contributed by atoms with van der Waals surface area (Å²) in [5, 5.41) is 23.3. The van der Waals surface area contributed by atoms with Crippen LogP contribution in [0.4, 0.5) is 0 Å². The average Bonchev–Trinajstić information content (AvgIpc) is 3.06. The van der Waals surface area contributed by atoms with Crippen molar-refractivity contribution in [1.29, 1.82) is 0 Å². The highest BCUT2D eigenvalue weighted by molar-refractivity contribution is 5.98. The van der Waals surface area contributed by atoms with Gasteiger partial charge in [0.15, 0.2) is 5.96 Å². The van der Waals surface area contributed by atoms with Crippen molar-refractivity contribution in [2.75, 3.05) is 19.6 Å². The van der Waals surface area contributed by atoms with Crippen molar-refractivity contribution in [2.45, 2.75) is 108 Å². The Balaban J connectivity index is 5.51. The molecule has 0 rings (SSSR count). The van der Waals surface area contributed by atoms with Gasteiger partial charge in [-0.1, -0.05) is 13.8 Å². The highest BCUT2D eigenvalue weighted by Crippen LogP contribution is 2.07. The standard InChI is InChI=1S/C31H57N13O10/c1-15(2)11-17(33)26(49)41-18(7-4-5-9-32)28(51)44-20(12-22(34)45)27(50)39-14-24(47)40-16(3)25(48)43-21(13-23(35)46)29(52)42-19(30(53)54)8-6-10-38-31(36)37/h15-21H,4-14,32-33H2,1-3H3,(H2,34,45)(H2,35,46)(H,39,50)(H,40,47)(H,41,49)(H,42,52)(H,43,48)(H,44,51)(H,53,54)(H4,36,37,38)/t16-,17-,18-,19-,20-,21-/m0/s1. The fourth-order valence-electron chi connectivity index (χ4n) is 4.73. The number of hydrogen-bond donors (Lipinski definition) is 13.